The molecule has 0 bridgehead atoms. The van der Waals surface area contributed by atoms with Crippen molar-refractivity contribution in [3.8, 4) is 0 Å². The van der Waals surface area contributed by atoms with Crippen LogP contribution in [0.15, 0.2) is 24.3 Å². The zero-order valence-corrected chi connectivity index (χ0v) is 66.2. The van der Waals surface area contributed by atoms with Crippen molar-refractivity contribution in [1.82, 2.24) is 0 Å². The lowest BCUT2D eigenvalue weighted by molar-refractivity contribution is -0.161. The molecule has 0 radical (unpaired) electrons. The molecule has 0 aromatic rings. The van der Waals surface area contributed by atoms with Gasteiger partial charge in [-0.3, -0.25) is 37.3 Å². The molecule has 3 unspecified atom stereocenters. The van der Waals surface area contributed by atoms with Gasteiger partial charge in [0.2, 0.25) is 0 Å². The highest BCUT2D eigenvalue weighted by molar-refractivity contribution is 7.47. The quantitative estimate of drug-likeness (QED) is 0.0169. The minimum atomic E-state index is -4.97. The van der Waals surface area contributed by atoms with E-state index in [2.05, 4.69) is 72.8 Å². The Balaban J connectivity index is 5.27. The van der Waals surface area contributed by atoms with Crippen LogP contribution in [0.4, 0.5) is 0 Å². The summed E-state index contributed by atoms with van der Waals surface area (Å²) in [5.74, 6) is 0.171. The number of allylic oxidation sites excluding steroid dienone is 4. The van der Waals surface area contributed by atoms with Gasteiger partial charge in [0.15, 0.2) is 12.2 Å². The molecule has 0 saturated carbocycles. The minimum absolute atomic E-state index is 0.0851. The van der Waals surface area contributed by atoms with E-state index in [4.69, 9.17) is 37.0 Å². The molecule has 0 aliphatic carbocycles. The van der Waals surface area contributed by atoms with Crippen LogP contribution in [0.25, 0.3) is 0 Å². The van der Waals surface area contributed by atoms with Crippen molar-refractivity contribution in [1.29, 1.82) is 0 Å². The first-order valence-electron chi connectivity index (χ1n) is 40.7. The lowest BCUT2D eigenvalue weighted by atomic mass is 10.00. The monoisotopic (exact) mass is 1450 g/mol. The third kappa shape index (κ3) is 72.3. The lowest BCUT2D eigenvalue weighted by Crippen LogP contribution is -2.30. The second-order valence-corrected chi connectivity index (χ2v) is 32.2. The van der Waals surface area contributed by atoms with Crippen LogP contribution in [0.2, 0.25) is 0 Å². The number of aliphatic hydroxyl groups excluding tert-OH is 1. The van der Waals surface area contributed by atoms with Crippen LogP contribution >= 0.6 is 15.6 Å². The number of unbranched alkanes of at least 4 members (excludes halogenated alkanes) is 40. The molecule has 0 aromatic carbocycles. The molecular weight excluding hydrogens is 1290 g/mol. The number of aliphatic hydroxyl groups is 1. The van der Waals surface area contributed by atoms with E-state index in [9.17, 15) is 43.2 Å². The molecule has 0 aromatic heterocycles. The van der Waals surface area contributed by atoms with Gasteiger partial charge >= 0.3 is 39.5 Å². The Morgan fingerprint density at radius 3 is 0.899 bits per heavy atom. The number of hydrogen-bond acceptors (Lipinski definition) is 15. The van der Waals surface area contributed by atoms with Gasteiger partial charge in [0, 0.05) is 25.7 Å². The van der Waals surface area contributed by atoms with Gasteiger partial charge in [0.1, 0.15) is 19.3 Å². The van der Waals surface area contributed by atoms with Crippen molar-refractivity contribution in [3.05, 3.63) is 24.3 Å². The zero-order chi connectivity index (χ0) is 73.0. The predicted octanol–water partition coefficient (Wildman–Crippen LogP) is 23.3. The maximum Gasteiger partial charge on any atom is 0.472 e. The molecule has 99 heavy (non-hydrogen) atoms. The van der Waals surface area contributed by atoms with E-state index in [1.807, 2.05) is 0 Å². The molecule has 0 fully saturated rings. The number of ether oxygens (including phenoxy) is 4. The molecule has 0 spiro atoms. The van der Waals surface area contributed by atoms with Gasteiger partial charge in [-0.25, -0.2) is 9.13 Å². The van der Waals surface area contributed by atoms with Crippen molar-refractivity contribution in [2.75, 3.05) is 39.6 Å². The first-order chi connectivity index (χ1) is 47.8. The summed E-state index contributed by atoms with van der Waals surface area (Å²) in [4.78, 5) is 72.9. The Labute approximate surface area is 605 Å². The number of phosphoric ester groups is 2. The Hall–Kier alpha value is -2.46. The van der Waals surface area contributed by atoms with Gasteiger partial charge < -0.3 is 33.8 Å². The largest absolute Gasteiger partial charge is 0.472 e. The lowest BCUT2D eigenvalue weighted by Gasteiger charge is -2.21. The fraction of sp³-hybridized carbons (Fsp3) is 0.900. The normalized spacial score (nSPS) is 14.4. The van der Waals surface area contributed by atoms with Gasteiger partial charge in [-0.2, -0.15) is 0 Å². The third-order valence-corrected chi connectivity index (χ3v) is 20.3. The number of phosphoric acid groups is 2. The molecule has 19 heteroatoms. The van der Waals surface area contributed by atoms with Gasteiger partial charge in [0.05, 0.1) is 26.4 Å². The second kappa shape index (κ2) is 69.9. The molecule has 3 N–H and O–H groups in total. The third-order valence-electron chi connectivity index (χ3n) is 18.4. The van der Waals surface area contributed by atoms with Crippen molar-refractivity contribution in [2.24, 2.45) is 17.8 Å². The molecule has 0 rings (SSSR count). The molecule has 17 nitrogen and oxygen atoms in total. The minimum Gasteiger partial charge on any atom is -0.462 e. The molecule has 0 aliphatic rings. The van der Waals surface area contributed by atoms with E-state index in [0.29, 0.717) is 25.7 Å². The fourth-order valence-electron chi connectivity index (χ4n) is 11.7. The van der Waals surface area contributed by atoms with E-state index in [1.54, 1.807) is 0 Å². The van der Waals surface area contributed by atoms with Crippen molar-refractivity contribution in [2.45, 2.75) is 407 Å². The molecule has 0 amide bonds. The van der Waals surface area contributed by atoms with Crippen LogP contribution < -0.4 is 0 Å². The highest BCUT2D eigenvalue weighted by atomic mass is 31.2. The summed E-state index contributed by atoms with van der Waals surface area (Å²) in [7, 11) is -9.93. The average molecular weight is 1450 g/mol. The summed E-state index contributed by atoms with van der Waals surface area (Å²) in [5, 5.41) is 10.6. The predicted molar refractivity (Wildman–Crippen MR) is 404 cm³/mol. The first kappa shape index (κ1) is 96.5. The Morgan fingerprint density at radius 2 is 0.596 bits per heavy atom. The van der Waals surface area contributed by atoms with Gasteiger partial charge in [0.25, 0.3) is 0 Å². The Bertz CT molecular complexity index is 2020. The number of rotatable bonds is 76. The SMILES string of the molecule is CCCCCC/C=C\C=C/CCCCCCCC(=O)O[C@H](COC(=O)CCCCCCCCCCCCCCCCCCC(C)C)COP(=O)(O)OC[C@@H](O)COP(=O)(O)OC[C@@H](COC(=O)CCCCCCCCC(C)CC)OC(=O)CCCCCCCCCCCCCCC(C)C. The zero-order valence-electron chi connectivity index (χ0n) is 64.4. The number of carbonyl (C=O) groups excluding carboxylic acids is 4. The first-order valence-corrected chi connectivity index (χ1v) is 43.7. The second-order valence-electron chi connectivity index (χ2n) is 29.3. The molecule has 0 saturated heterocycles. The van der Waals surface area contributed by atoms with Crippen molar-refractivity contribution in [3.63, 3.8) is 0 Å². The number of hydrogen-bond donors (Lipinski definition) is 3. The molecule has 0 heterocycles. The smallest absolute Gasteiger partial charge is 0.462 e. The van der Waals surface area contributed by atoms with E-state index in [1.165, 1.54) is 180 Å². The summed E-state index contributed by atoms with van der Waals surface area (Å²) < 4.78 is 68.6. The highest BCUT2D eigenvalue weighted by Gasteiger charge is 2.30. The Kier molecular flexibility index (Phi) is 68.1. The molecule has 584 valence electrons. The van der Waals surface area contributed by atoms with E-state index in [0.717, 1.165) is 127 Å². The standard InChI is InChI=1S/C80H152O17P2/c1-8-10-11-12-13-14-15-16-19-24-30-35-40-49-56-63-79(84)96-75(67-90-77(82)61-54-47-39-34-29-23-21-18-17-20-22-27-32-37-44-51-58-71(3)4)69-94-98(86,87)92-65-74(81)66-93-99(88,89)95-70-76(68-91-78(83)62-55-48-43-42-46-53-60-73(7)9-2)97-80(85)64-57-50-41-36-31-26-25-28-33-38-45-52-59-72(5)6/h14-16,19,71-76,81H,8-13,17-18,20-70H2,1-7H3,(H,86,87)(H,88,89)/b15-14-,19-16-/t73?,74-,75-,76-/m1/s1. The molecule has 6 atom stereocenters. The molecule has 0 aliphatic heterocycles. The van der Waals surface area contributed by atoms with Crippen LogP contribution in [0.5, 0.6) is 0 Å². The summed E-state index contributed by atoms with van der Waals surface area (Å²) >= 11 is 0. The fourth-order valence-corrected chi connectivity index (χ4v) is 13.3. The summed E-state index contributed by atoms with van der Waals surface area (Å²) in [6.07, 6.45) is 60.5. The maximum atomic E-state index is 13.1. The van der Waals surface area contributed by atoms with Crippen molar-refractivity contribution >= 4 is 39.5 Å². The van der Waals surface area contributed by atoms with Crippen LogP contribution in [0.1, 0.15) is 389 Å². The van der Waals surface area contributed by atoms with Crippen LogP contribution in [0.3, 0.4) is 0 Å². The topological polar surface area (TPSA) is 237 Å². The summed E-state index contributed by atoms with van der Waals surface area (Å²) in [5.41, 5.74) is 0. The molecular formula is C80H152O17P2. The maximum absolute atomic E-state index is 13.1. The van der Waals surface area contributed by atoms with E-state index >= 15 is 0 Å². The number of esters is 4. The summed E-state index contributed by atoms with van der Waals surface area (Å²) in [6.45, 7) is 11.9. The van der Waals surface area contributed by atoms with Crippen LogP contribution in [0, 0.1) is 17.8 Å². The van der Waals surface area contributed by atoms with Gasteiger partial charge in [-0.1, -0.05) is 336 Å². The summed E-state index contributed by atoms with van der Waals surface area (Å²) in [6, 6.07) is 0. The average Bonchev–Trinajstić information content (AvgIpc) is 1.10. The van der Waals surface area contributed by atoms with Crippen LogP contribution in [-0.2, 0) is 65.4 Å². The van der Waals surface area contributed by atoms with E-state index < -0.39 is 97.5 Å². The highest BCUT2D eigenvalue weighted by Crippen LogP contribution is 2.45. The Morgan fingerprint density at radius 1 is 0.333 bits per heavy atom. The van der Waals surface area contributed by atoms with Crippen molar-refractivity contribution < 1.29 is 80.2 Å². The van der Waals surface area contributed by atoms with Crippen LogP contribution in [-0.4, -0.2) is 96.7 Å². The van der Waals surface area contributed by atoms with E-state index in [-0.39, 0.29) is 25.7 Å². The van der Waals surface area contributed by atoms with Gasteiger partial charge in [-0.05, 0) is 69.1 Å². The number of carbonyl (C=O) groups is 4. The van der Waals surface area contributed by atoms with Gasteiger partial charge in [-0.15, -0.1) is 0 Å².